The van der Waals surface area contributed by atoms with E-state index in [0.29, 0.717) is 6.61 Å². The van der Waals surface area contributed by atoms with Gasteiger partial charge in [0.25, 0.3) is 0 Å². The lowest BCUT2D eigenvalue weighted by molar-refractivity contribution is 0.306. The molecule has 0 aliphatic heterocycles. The molecule has 0 N–H and O–H groups in total. The van der Waals surface area contributed by atoms with Gasteiger partial charge in [-0.15, -0.1) is 0 Å². The molecule has 0 aliphatic carbocycles. The lowest BCUT2D eigenvalue weighted by Crippen LogP contribution is -1.95. The minimum Gasteiger partial charge on any atom is -0.489 e. The van der Waals surface area contributed by atoms with E-state index in [1.807, 2.05) is 37.3 Å². The Kier molecular flexibility index (Phi) is 5.60. The average molecular weight is 277 g/mol. The number of benzene rings is 2. The first-order valence-corrected chi connectivity index (χ1v) is 7.09. The molecule has 0 aliphatic rings. The van der Waals surface area contributed by atoms with Gasteiger partial charge in [-0.3, -0.25) is 0 Å². The van der Waals surface area contributed by atoms with E-state index in [0.717, 1.165) is 24.2 Å². The van der Waals surface area contributed by atoms with Gasteiger partial charge in [-0.25, -0.2) is 0 Å². The van der Waals surface area contributed by atoms with Crippen molar-refractivity contribution in [2.45, 2.75) is 26.4 Å². The summed E-state index contributed by atoms with van der Waals surface area (Å²) in [5, 5.41) is 8.58. The van der Waals surface area contributed by atoms with Crippen molar-refractivity contribution in [3.05, 3.63) is 77.4 Å². The Bertz CT molecular complexity index is 621. The summed E-state index contributed by atoms with van der Waals surface area (Å²) >= 11 is 0. The zero-order chi connectivity index (χ0) is 14.9. The molecule has 0 fully saturated rings. The van der Waals surface area contributed by atoms with Crippen molar-refractivity contribution in [3.63, 3.8) is 0 Å². The largest absolute Gasteiger partial charge is 0.489 e. The molecule has 0 radical (unpaired) electrons. The van der Waals surface area contributed by atoms with Crippen molar-refractivity contribution >= 4 is 0 Å². The molecule has 106 valence electrons. The van der Waals surface area contributed by atoms with E-state index in [9.17, 15) is 0 Å². The van der Waals surface area contributed by atoms with E-state index >= 15 is 0 Å². The first kappa shape index (κ1) is 14.9. The molecule has 0 bridgehead atoms. The number of ether oxygens (including phenoxy) is 1. The fraction of sp³-hybridized carbons (Fsp3) is 0.211. The monoisotopic (exact) mass is 277 g/mol. The SMILES string of the molecule is C/C(=C\C#N)CCc1ccc(OCc2ccccc2)cc1. The molecule has 0 aromatic heterocycles. The van der Waals surface area contributed by atoms with Crippen LogP contribution in [-0.2, 0) is 13.0 Å². The van der Waals surface area contributed by atoms with Crippen LogP contribution in [-0.4, -0.2) is 0 Å². The molecule has 0 atom stereocenters. The van der Waals surface area contributed by atoms with Crippen LogP contribution in [0.1, 0.15) is 24.5 Å². The van der Waals surface area contributed by atoms with Gasteiger partial charge in [0, 0.05) is 6.08 Å². The highest BCUT2D eigenvalue weighted by atomic mass is 16.5. The molecule has 0 heterocycles. The Labute approximate surface area is 126 Å². The average Bonchev–Trinajstić information content (AvgIpc) is 2.53. The van der Waals surface area contributed by atoms with E-state index in [2.05, 4.69) is 30.3 Å². The summed E-state index contributed by atoms with van der Waals surface area (Å²) in [5.74, 6) is 0.881. The van der Waals surface area contributed by atoms with E-state index in [1.165, 1.54) is 11.1 Å². The number of nitrogens with zero attached hydrogens (tertiary/aromatic N) is 1. The quantitative estimate of drug-likeness (QED) is 0.719. The lowest BCUT2D eigenvalue weighted by atomic mass is 10.1. The van der Waals surface area contributed by atoms with Gasteiger partial charge >= 0.3 is 0 Å². The number of rotatable bonds is 6. The molecule has 2 nitrogen and oxygen atoms in total. The smallest absolute Gasteiger partial charge is 0.119 e. The van der Waals surface area contributed by atoms with Crippen molar-refractivity contribution in [2.24, 2.45) is 0 Å². The molecule has 2 rings (SSSR count). The van der Waals surface area contributed by atoms with Crippen LogP contribution in [0.25, 0.3) is 0 Å². The summed E-state index contributed by atoms with van der Waals surface area (Å²) in [7, 11) is 0. The van der Waals surface area contributed by atoms with Crippen LogP contribution >= 0.6 is 0 Å². The van der Waals surface area contributed by atoms with Gasteiger partial charge in [0.2, 0.25) is 0 Å². The summed E-state index contributed by atoms with van der Waals surface area (Å²) in [4.78, 5) is 0. The van der Waals surface area contributed by atoms with E-state index in [-0.39, 0.29) is 0 Å². The summed E-state index contributed by atoms with van der Waals surface area (Å²) in [6, 6.07) is 20.4. The van der Waals surface area contributed by atoms with Crippen LogP contribution in [0.2, 0.25) is 0 Å². The van der Waals surface area contributed by atoms with Gasteiger partial charge in [0.1, 0.15) is 12.4 Å². The second-order valence-corrected chi connectivity index (χ2v) is 5.04. The molecule has 21 heavy (non-hydrogen) atoms. The van der Waals surface area contributed by atoms with Crippen LogP contribution in [0.3, 0.4) is 0 Å². The number of aryl methyl sites for hydroxylation is 1. The molecule has 2 aromatic rings. The highest BCUT2D eigenvalue weighted by molar-refractivity contribution is 5.28. The number of hydrogen-bond donors (Lipinski definition) is 0. The number of allylic oxidation sites excluding steroid dienone is 2. The van der Waals surface area contributed by atoms with Crippen LogP contribution in [0.5, 0.6) is 5.75 Å². The zero-order valence-corrected chi connectivity index (χ0v) is 12.3. The van der Waals surface area contributed by atoms with Gasteiger partial charge in [-0.2, -0.15) is 5.26 Å². The minimum absolute atomic E-state index is 0.588. The molecule has 0 amide bonds. The third-order valence-corrected chi connectivity index (χ3v) is 3.29. The number of hydrogen-bond acceptors (Lipinski definition) is 2. The molecule has 0 saturated carbocycles. The van der Waals surface area contributed by atoms with Crippen molar-refractivity contribution in [1.82, 2.24) is 0 Å². The topological polar surface area (TPSA) is 33.0 Å². The van der Waals surface area contributed by atoms with Gasteiger partial charge < -0.3 is 4.74 Å². The molecule has 0 saturated heterocycles. The predicted octanol–water partition coefficient (Wildman–Crippen LogP) is 4.67. The van der Waals surface area contributed by atoms with Crippen LogP contribution < -0.4 is 4.74 Å². The molecule has 0 spiro atoms. The first-order chi connectivity index (χ1) is 10.3. The fourth-order valence-electron chi connectivity index (χ4n) is 2.02. The Balaban J connectivity index is 1.85. The van der Waals surface area contributed by atoms with Gasteiger partial charge in [0.15, 0.2) is 0 Å². The van der Waals surface area contributed by atoms with Crippen molar-refractivity contribution in [1.29, 1.82) is 5.26 Å². The minimum atomic E-state index is 0.588. The standard InChI is InChI=1S/C19H19NO/c1-16(13-14-20)7-8-17-9-11-19(12-10-17)21-15-18-5-3-2-4-6-18/h2-6,9-13H,7-8,15H2,1H3/b16-13+. The molecule has 0 unspecified atom stereocenters. The predicted molar refractivity (Wildman–Crippen MR) is 84.9 cm³/mol. The summed E-state index contributed by atoms with van der Waals surface area (Å²) in [6.07, 6.45) is 3.47. The first-order valence-electron chi connectivity index (χ1n) is 7.09. The Morgan fingerprint density at radius 1 is 1.05 bits per heavy atom. The third kappa shape index (κ3) is 5.16. The van der Waals surface area contributed by atoms with Crippen molar-refractivity contribution in [3.8, 4) is 11.8 Å². The summed E-state index contributed by atoms with van der Waals surface area (Å²) in [6.45, 7) is 2.57. The van der Waals surface area contributed by atoms with E-state index in [4.69, 9.17) is 10.00 Å². The fourth-order valence-corrected chi connectivity index (χ4v) is 2.02. The van der Waals surface area contributed by atoms with Gasteiger partial charge in [0.05, 0.1) is 6.07 Å². The van der Waals surface area contributed by atoms with E-state index < -0.39 is 0 Å². The van der Waals surface area contributed by atoms with E-state index in [1.54, 1.807) is 6.08 Å². The van der Waals surface area contributed by atoms with Crippen molar-refractivity contribution in [2.75, 3.05) is 0 Å². The highest BCUT2D eigenvalue weighted by Gasteiger charge is 1.98. The summed E-state index contributed by atoms with van der Waals surface area (Å²) in [5.41, 5.74) is 3.54. The van der Waals surface area contributed by atoms with Crippen molar-refractivity contribution < 1.29 is 4.74 Å². The van der Waals surface area contributed by atoms with Crippen LogP contribution in [0.15, 0.2) is 66.2 Å². The van der Waals surface area contributed by atoms with Gasteiger partial charge in [-0.05, 0) is 43.0 Å². The molecular formula is C19H19NO. The Morgan fingerprint density at radius 3 is 2.43 bits per heavy atom. The summed E-state index contributed by atoms with van der Waals surface area (Å²) < 4.78 is 5.76. The highest BCUT2D eigenvalue weighted by Crippen LogP contribution is 2.16. The molecule has 2 heteroatoms. The maximum atomic E-state index is 8.58. The molecule has 2 aromatic carbocycles. The normalized spacial score (nSPS) is 11.0. The second-order valence-electron chi connectivity index (χ2n) is 5.04. The zero-order valence-electron chi connectivity index (χ0n) is 12.3. The van der Waals surface area contributed by atoms with Gasteiger partial charge in [-0.1, -0.05) is 48.0 Å². The third-order valence-electron chi connectivity index (χ3n) is 3.29. The maximum Gasteiger partial charge on any atom is 0.119 e. The van der Waals surface area contributed by atoms with Crippen LogP contribution in [0.4, 0.5) is 0 Å². The second kappa shape index (κ2) is 7.91. The lowest BCUT2D eigenvalue weighted by Gasteiger charge is -2.07. The molecular weight excluding hydrogens is 258 g/mol. The Hall–Kier alpha value is -2.53. The maximum absolute atomic E-state index is 8.58. The Morgan fingerprint density at radius 2 is 1.76 bits per heavy atom. The number of nitriles is 1. The van der Waals surface area contributed by atoms with Crippen LogP contribution in [0, 0.1) is 11.3 Å².